The molecular weight excluding hydrogens is 258 g/mol. The predicted molar refractivity (Wildman–Crippen MR) is 76.4 cm³/mol. The molecule has 2 saturated heterocycles. The zero-order chi connectivity index (χ0) is 13.4. The van der Waals surface area contributed by atoms with E-state index in [1.807, 2.05) is 0 Å². The van der Waals surface area contributed by atoms with Crippen LogP contribution >= 0.6 is 11.3 Å². The van der Waals surface area contributed by atoms with Crippen LogP contribution in [0.5, 0.6) is 0 Å². The summed E-state index contributed by atoms with van der Waals surface area (Å²) in [6.45, 7) is 2.30. The van der Waals surface area contributed by atoms with Crippen molar-refractivity contribution in [3.05, 3.63) is 22.4 Å². The van der Waals surface area contributed by atoms with Gasteiger partial charge in [0, 0.05) is 24.5 Å². The lowest BCUT2D eigenvalue weighted by Gasteiger charge is -2.42. The Balaban J connectivity index is 1.71. The highest BCUT2D eigenvalue weighted by Gasteiger charge is 2.43. The van der Waals surface area contributed by atoms with Gasteiger partial charge in [0.25, 0.3) is 0 Å². The number of piperidine rings is 1. The van der Waals surface area contributed by atoms with Crippen molar-refractivity contribution in [1.29, 1.82) is 0 Å². The van der Waals surface area contributed by atoms with E-state index in [-0.39, 0.29) is 0 Å². The first-order chi connectivity index (χ1) is 9.15. The minimum atomic E-state index is -0.635. The van der Waals surface area contributed by atoms with Crippen molar-refractivity contribution in [1.82, 2.24) is 4.90 Å². The summed E-state index contributed by atoms with van der Waals surface area (Å²) in [5.41, 5.74) is 1.42. The fourth-order valence-corrected chi connectivity index (χ4v) is 4.80. The van der Waals surface area contributed by atoms with E-state index in [1.54, 1.807) is 11.3 Å². The number of nitrogens with zero attached hydrogens (tertiary/aromatic N) is 1. The van der Waals surface area contributed by atoms with Gasteiger partial charge in [-0.2, -0.15) is 11.3 Å². The van der Waals surface area contributed by atoms with Crippen LogP contribution in [-0.4, -0.2) is 28.1 Å². The fraction of sp³-hybridized carbons (Fsp3) is 0.667. The monoisotopic (exact) mass is 279 g/mol. The first kappa shape index (κ1) is 13.1. The number of aliphatic carboxylic acids is 1. The molecule has 1 aromatic heterocycles. The van der Waals surface area contributed by atoms with E-state index in [2.05, 4.69) is 28.7 Å². The van der Waals surface area contributed by atoms with Gasteiger partial charge >= 0.3 is 5.97 Å². The third-order valence-electron chi connectivity index (χ3n) is 4.82. The Bertz CT molecular complexity index is 431. The molecule has 0 aliphatic carbocycles. The molecular formula is C15H21NO2S. The summed E-state index contributed by atoms with van der Waals surface area (Å²) in [5.74, 6) is -0.246. The highest BCUT2D eigenvalue weighted by atomic mass is 32.1. The van der Waals surface area contributed by atoms with Crippen molar-refractivity contribution < 1.29 is 9.90 Å². The lowest BCUT2D eigenvalue weighted by Crippen LogP contribution is -2.44. The minimum absolute atomic E-state index is 0.355. The Morgan fingerprint density at radius 1 is 1.47 bits per heavy atom. The third-order valence-corrected chi connectivity index (χ3v) is 5.52. The van der Waals surface area contributed by atoms with Crippen LogP contribution in [0.1, 0.15) is 50.6 Å². The summed E-state index contributed by atoms with van der Waals surface area (Å²) < 4.78 is 0. The van der Waals surface area contributed by atoms with Crippen molar-refractivity contribution in [3.8, 4) is 0 Å². The quantitative estimate of drug-likeness (QED) is 0.916. The predicted octanol–water partition coefficient (Wildman–Crippen LogP) is 3.53. The molecule has 3 unspecified atom stereocenters. The summed E-state index contributed by atoms with van der Waals surface area (Å²) in [7, 11) is 0. The lowest BCUT2D eigenvalue weighted by molar-refractivity contribution is -0.138. The zero-order valence-corrected chi connectivity index (χ0v) is 12.1. The number of hydrogen-bond donors (Lipinski definition) is 1. The molecule has 3 rings (SSSR count). The number of hydrogen-bond acceptors (Lipinski definition) is 3. The van der Waals surface area contributed by atoms with Crippen molar-refractivity contribution in [3.63, 3.8) is 0 Å². The summed E-state index contributed by atoms with van der Waals surface area (Å²) in [5, 5.41) is 13.4. The lowest BCUT2D eigenvalue weighted by atomic mass is 9.87. The molecule has 4 heteroatoms. The van der Waals surface area contributed by atoms with E-state index in [0.29, 0.717) is 30.5 Å². The van der Waals surface area contributed by atoms with Gasteiger partial charge in [-0.15, -0.1) is 0 Å². The van der Waals surface area contributed by atoms with Gasteiger partial charge in [0.05, 0.1) is 0 Å². The first-order valence-corrected chi connectivity index (χ1v) is 8.10. The Kier molecular flexibility index (Phi) is 3.63. The van der Waals surface area contributed by atoms with Crippen molar-refractivity contribution in [2.45, 2.75) is 57.2 Å². The molecule has 1 aromatic rings. The molecule has 2 aliphatic heterocycles. The Morgan fingerprint density at radius 3 is 2.68 bits per heavy atom. The third kappa shape index (κ3) is 2.56. The van der Waals surface area contributed by atoms with E-state index in [1.165, 1.54) is 18.4 Å². The Labute approximate surface area is 118 Å². The molecule has 104 valence electrons. The average Bonchev–Trinajstić information content (AvgIpc) is 2.95. The van der Waals surface area contributed by atoms with Gasteiger partial charge < -0.3 is 5.11 Å². The van der Waals surface area contributed by atoms with Gasteiger partial charge in [0.1, 0.15) is 0 Å². The van der Waals surface area contributed by atoms with Crippen LogP contribution in [0.2, 0.25) is 0 Å². The van der Waals surface area contributed by atoms with Crippen LogP contribution in [0.25, 0.3) is 0 Å². The van der Waals surface area contributed by atoms with Crippen LogP contribution < -0.4 is 0 Å². The van der Waals surface area contributed by atoms with Gasteiger partial charge in [0.15, 0.2) is 0 Å². The number of carboxylic acid groups (broad SMARTS) is 1. The second-order valence-electron chi connectivity index (χ2n) is 6.00. The molecule has 0 amide bonds. The standard InChI is InChI=1S/C15H21NO2S/c1-10(12-4-5-19-9-12)16-13-2-3-14(16)7-11(6-13)8-15(17)18/h4-5,9-11,13-14H,2-3,6-8H2,1H3,(H,17,18). The molecule has 0 spiro atoms. The van der Waals surface area contributed by atoms with Crippen molar-refractivity contribution in [2.75, 3.05) is 0 Å². The largest absolute Gasteiger partial charge is 0.481 e. The van der Waals surface area contributed by atoms with Crippen molar-refractivity contribution >= 4 is 17.3 Å². The maximum Gasteiger partial charge on any atom is 0.303 e. The highest BCUT2D eigenvalue weighted by Crippen LogP contribution is 2.44. The normalized spacial score (nSPS) is 32.4. The molecule has 1 N–H and O–H groups in total. The molecule has 0 aromatic carbocycles. The molecule has 2 bridgehead atoms. The molecule has 0 saturated carbocycles. The van der Waals surface area contributed by atoms with E-state index in [4.69, 9.17) is 5.11 Å². The number of carbonyl (C=O) groups is 1. The second-order valence-corrected chi connectivity index (χ2v) is 6.78. The average molecular weight is 279 g/mol. The summed E-state index contributed by atoms with van der Waals surface area (Å²) in [4.78, 5) is 13.5. The van der Waals surface area contributed by atoms with E-state index >= 15 is 0 Å². The molecule has 2 fully saturated rings. The number of thiophene rings is 1. The maximum atomic E-state index is 10.9. The van der Waals surface area contributed by atoms with E-state index < -0.39 is 5.97 Å². The van der Waals surface area contributed by atoms with Crippen LogP contribution in [0.15, 0.2) is 16.8 Å². The zero-order valence-electron chi connectivity index (χ0n) is 11.3. The SMILES string of the molecule is CC(c1ccsc1)N1C2CCC1CC(CC(=O)O)C2. The fourth-order valence-electron chi connectivity index (χ4n) is 4.06. The van der Waals surface area contributed by atoms with Crippen LogP contribution in [0, 0.1) is 5.92 Å². The van der Waals surface area contributed by atoms with Crippen LogP contribution in [0.3, 0.4) is 0 Å². The Hall–Kier alpha value is -0.870. The van der Waals surface area contributed by atoms with Crippen LogP contribution in [0.4, 0.5) is 0 Å². The molecule has 2 aliphatic rings. The number of rotatable bonds is 4. The Morgan fingerprint density at radius 2 is 2.16 bits per heavy atom. The van der Waals surface area contributed by atoms with Crippen molar-refractivity contribution in [2.24, 2.45) is 5.92 Å². The van der Waals surface area contributed by atoms with E-state index in [9.17, 15) is 4.79 Å². The van der Waals surface area contributed by atoms with Gasteiger partial charge in [-0.1, -0.05) is 0 Å². The maximum absolute atomic E-state index is 10.9. The highest BCUT2D eigenvalue weighted by molar-refractivity contribution is 7.07. The number of carboxylic acids is 1. The summed E-state index contributed by atoms with van der Waals surface area (Å²) >= 11 is 1.76. The molecule has 3 heterocycles. The second kappa shape index (κ2) is 5.25. The van der Waals surface area contributed by atoms with Gasteiger partial charge in [0.2, 0.25) is 0 Å². The van der Waals surface area contributed by atoms with Gasteiger partial charge in [-0.05, 0) is 60.9 Å². The van der Waals surface area contributed by atoms with Gasteiger partial charge in [-0.25, -0.2) is 0 Å². The first-order valence-electron chi connectivity index (χ1n) is 7.16. The number of fused-ring (bicyclic) bond motifs is 2. The van der Waals surface area contributed by atoms with Gasteiger partial charge in [-0.3, -0.25) is 9.69 Å². The molecule has 3 nitrogen and oxygen atoms in total. The van der Waals surface area contributed by atoms with Crippen LogP contribution in [-0.2, 0) is 4.79 Å². The molecule has 19 heavy (non-hydrogen) atoms. The minimum Gasteiger partial charge on any atom is -0.481 e. The van der Waals surface area contributed by atoms with E-state index in [0.717, 1.165) is 12.8 Å². The summed E-state index contributed by atoms with van der Waals surface area (Å²) in [6, 6.07) is 3.89. The smallest absolute Gasteiger partial charge is 0.303 e. The summed E-state index contributed by atoms with van der Waals surface area (Å²) in [6.07, 6.45) is 4.98. The molecule has 3 atom stereocenters. The molecule has 0 radical (unpaired) electrons. The topological polar surface area (TPSA) is 40.5 Å².